The Morgan fingerprint density at radius 2 is 2.20 bits per heavy atom. The lowest BCUT2D eigenvalue weighted by atomic mass is 9.86. The van der Waals surface area contributed by atoms with Gasteiger partial charge in [0.25, 0.3) is 0 Å². The second kappa shape index (κ2) is 4.53. The van der Waals surface area contributed by atoms with Gasteiger partial charge in [0.2, 0.25) is 0 Å². The molecule has 4 nitrogen and oxygen atoms in total. The highest BCUT2D eigenvalue weighted by Gasteiger charge is 2.29. The quantitative estimate of drug-likeness (QED) is 0.797. The number of aliphatic hydroxyl groups is 1. The van der Waals surface area contributed by atoms with Gasteiger partial charge in [0.15, 0.2) is 5.16 Å². The largest absolute Gasteiger partial charge is 0.389 e. The lowest BCUT2D eigenvalue weighted by Gasteiger charge is -2.31. The molecule has 2 rings (SSSR count). The molecule has 0 atom stereocenters. The highest BCUT2D eigenvalue weighted by Crippen LogP contribution is 2.32. The SMILES string of the molecule is Cn1cnnc1SCC1(O)CCCCC1. The van der Waals surface area contributed by atoms with Gasteiger partial charge in [-0.2, -0.15) is 0 Å². The van der Waals surface area contributed by atoms with Crippen LogP contribution in [0, 0.1) is 0 Å². The van der Waals surface area contributed by atoms with Crippen molar-refractivity contribution in [2.24, 2.45) is 7.05 Å². The predicted octanol–water partition coefficient (Wildman–Crippen LogP) is 1.60. The summed E-state index contributed by atoms with van der Waals surface area (Å²) >= 11 is 1.60. The Balaban J connectivity index is 1.89. The second-order valence-electron chi connectivity index (χ2n) is 4.30. The molecule has 1 heterocycles. The van der Waals surface area contributed by atoms with Crippen molar-refractivity contribution >= 4 is 11.8 Å². The number of aromatic nitrogens is 3. The lowest BCUT2D eigenvalue weighted by molar-refractivity contribution is 0.0272. The third kappa shape index (κ3) is 2.72. The standard InChI is InChI=1S/C10H17N3OS/c1-13-8-11-12-9(13)15-7-10(14)5-3-2-4-6-10/h8,14H,2-7H2,1H3. The van der Waals surface area contributed by atoms with Crippen molar-refractivity contribution in [3.05, 3.63) is 6.33 Å². The van der Waals surface area contributed by atoms with Gasteiger partial charge in [0.1, 0.15) is 6.33 Å². The molecule has 0 bridgehead atoms. The molecule has 0 aliphatic heterocycles. The molecule has 84 valence electrons. The Bertz CT molecular complexity index is 320. The van der Waals surface area contributed by atoms with E-state index in [4.69, 9.17) is 0 Å². The summed E-state index contributed by atoms with van der Waals surface area (Å²) in [5, 5.41) is 19.0. The van der Waals surface area contributed by atoms with Gasteiger partial charge in [-0.25, -0.2) is 0 Å². The van der Waals surface area contributed by atoms with Gasteiger partial charge in [0.05, 0.1) is 5.60 Å². The Hall–Kier alpha value is -0.550. The molecule has 15 heavy (non-hydrogen) atoms. The zero-order valence-electron chi connectivity index (χ0n) is 9.02. The first-order valence-corrected chi connectivity index (χ1v) is 6.37. The van der Waals surface area contributed by atoms with Crippen LogP contribution >= 0.6 is 11.8 Å². The average molecular weight is 227 g/mol. The summed E-state index contributed by atoms with van der Waals surface area (Å²) in [7, 11) is 1.92. The van der Waals surface area contributed by atoms with Crippen LogP contribution in [0.1, 0.15) is 32.1 Å². The molecule has 0 unspecified atom stereocenters. The summed E-state index contributed by atoms with van der Waals surface area (Å²) in [6.07, 6.45) is 7.10. The maximum atomic E-state index is 10.3. The van der Waals surface area contributed by atoms with Gasteiger partial charge in [-0.3, -0.25) is 0 Å². The fraction of sp³-hybridized carbons (Fsp3) is 0.800. The molecule has 1 N–H and O–H groups in total. The maximum Gasteiger partial charge on any atom is 0.190 e. The van der Waals surface area contributed by atoms with Gasteiger partial charge < -0.3 is 9.67 Å². The first kappa shape index (κ1) is 11.0. The predicted molar refractivity (Wildman–Crippen MR) is 59.8 cm³/mol. The number of nitrogens with zero attached hydrogens (tertiary/aromatic N) is 3. The van der Waals surface area contributed by atoms with E-state index < -0.39 is 5.60 Å². The summed E-state index contributed by atoms with van der Waals surface area (Å²) < 4.78 is 1.89. The number of rotatable bonds is 3. The van der Waals surface area contributed by atoms with Crippen LogP contribution in [-0.2, 0) is 7.05 Å². The smallest absolute Gasteiger partial charge is 0.190 e. The number of hydrogen-bond acceptors (Lipinski definition) is 4. The minimum atomic E-state index is -0.477. The summed E-state index contributed by atoms with van der Waals surface area (Å²) in [6, 6.07) is 0. The van der Waals surface area contributed by atoms with Crippen LogP contribution in [0.3, 0.4) is 0 Å². The molecule has 1 aromatic rings. The van der Waals surface area contributed by atoms with E-state index >= 15 is 0 Å². The third-order valence-corrected chi connectivity index (χ3v) is 4.23. The number of hydrogen-bond donors (Lipinski definition) is 1. The topological polar surface area (TPSA) is 50.9 Å². The molecule has 1 saturated carbocycles. The molecule has 1 aliphatic carbocycles. The van der Waals surface area contributed by atoms with Crippen LogP contribution in [-0.4, -0.2) is 31.2 Å². The highest BCUT2D eigenvalue weighted by atomic mass is 32.2. The molecule has 1 aliphatic rings. The van der Waals surface area contributed by atoms with Gasteiger partial charge in [-0.15, -0.1) is 10.2 Å². The summed E-state index contributed by atoms with van der Waals surface area (Å²) in [5.74, 6) is 0.736. The van der Waals surface area contributed by atoms with Crippen molar-refractivity contribution in [1.29, 1.82) is 0 Å². The summed E-state index contributed by atoms with van der Waals surface area (Å²) in [6.45, 7) is 0. The molecule has 0 saturated heterocycles. The second-order valence-corrected chi connectivity index (χ2v) is 5.24. The average Bonchev–Trinajstić information content (AvgIpc) is 2.62. The van der Waals surface area contributed by atoms with Gasteiger partial charge >= 0.3 is 0 Å². The van der Waals surface area contributed by atoms with E-state index in [9.17, 15) is 5.11 Å². The van der Waals surface area contributed by atoms with Crippen molar-refractivity contribution in [3.8, 4) is 0 Å². The normalized spacial score (nSPS) is 20.4. The number of aryl methyl sites for hydroxylation is 1. The monoisotopic (exact) mass is 227 g/mol. The summed E-state index contributed by atoms with van der Waals surface area (Å²) in [5.41, 5.74) is -0.477. The van der Waals surface area contributed by atoms with Crippen molar-refractivity contribution in [2.75, 3.05) is 5.75 Å². The van der Waals surface area contributed by atoms with E-state index in [1.165, 1.54) is 6.42 Å². The Morgan fingerprint density at radius 1 is 1.47 bits per heavy atom. The van der Waals surface area contributed by atoms with Crippen LogP contribution in [0.15, 0.2) is 11.5 Å². The fourth-order valence-corrected chi connectivity index (χ4v) is 3.00. The van der Waals surface area contributed by atoms with Crippen molar-refractivity contribution in [2.45, 2.75) is 42.9 Å². The molecule has 0 radical (unpaired) electrons. The molecule has 1 aromatic heterocycles. The molecule has 5 heteroatoms. The molecular formula is C10H17N3OS. The van der Waals surface area contributed by atoms with E-state index in [0.29, 0.717) is 0 Å². The van der Waals surface area contributed by atoms with E-state index in [0.717, 1.165) is 36.6 Å². The van der Waals surface area contributed by atoms with Crippen LogP contribution in [0.2, 0.25) is 0 Å². The highest BCUT2D eigenvalue weighted by molar-refractivity contribution is 7.99. The van der Waals surface area contributed by atoms with E-state index in [2.05, 4.69) is 10.2 Å². The van der Waals surface area contributed by atoms with E-state index in [1.54, 1.807) is 18.1 Å². The maximum absolute atomic E-state index is 10.3. The molecule has 0 spiro atoms. The van der Waals surface area contributed by atoms with Gasteiger partial charge in [-0.1, -0.05) is 31.0 Å². The first-order valence-electron chi connectivity index (χ1n) is 5.39. The lowest BCUT2D eigenvalue weighted by Crippen LogP contribution is -2.34. The minimum Gasteiger partial charge on any atom is -0.389 e. The Labute approximate surface area is 94.1 Å². The molecule has 0 amide bonds. The Kier molecular flexibility index (Phi) is 3.31. The van der Waals surface area contributed by atoms with Crippen molar-refractivity contribution in [3.63, 3.8) is 0 Å². The van der Waals surface area contributed by atoms with E-state index in [-0.39, 0.29) is 0 Å². The third-order valence-electron chi connectivity index (χ3n) is 2.92. The molecule has 0 aromatic carbocycles. The van der Waals surface area contributed by atoms with Gasteiger partial charge in [0, 0.05) is 12.8 Å². The van der Waals surface area contributed by atoms with Crippen LogP contribution in [0.5, 0.6) is 0 Å². The fourth-order valence-electron chi connectivity index (χ4n) is 1.96. The van der Waals surface area contributed by atoms with Gasteiger partial charge in [-0.05, 0) is 12.8 Å². The molecular weight excluding hydrogens is 210 g/mol. The van der Waals surface area contributed by atoms with Crippen LogP contribution < -0.4 is 0 Å². The van der Waals surface area contributed by atoms with Crippen LogP contribution in [0.4, 0.5) is 0 Å². The minimum absolute atomic E-state index is 0.477. The Morgan fingerprint density at radius 3 is 2.80 bits per heavy atom. The first-order chi connectivity index (χ1) is 7.20. The van der Waals surface area contributed by atoms with Crippen molar-refractivity contribution in [1.82, 2.24) is 14.8 Å². The van der Waals surface area contributed by atoms with Crippen LogP contribution in [0.25, 0.3) is 0 Å². The zero-order chi connectivity index (χ0) is 10.7. The van der Waals surface area contributed by atoms with Crippen molar-refractivity contribution < 1.29 is 5.11 Å². The number of thioether (sulfide) groups is 1. The zero-order valence-corrected chi connectivity index (χ0v) is 9.83. The summed E-state index contributed by atoms with van der Waals surface area (Å²) in [4.78, 5) is 0. The van der Waals surface area contributed by atoms with E-state index in [1.807, 2.05) is 11.6 Å². The molecule has 1 fully saturated rings.